The summed E-state index contributed by atoms with van der Waals surface area (Å²) in [6, 6.07) is 9.22. The van der Waals surface area contributed by atoms with Crippen LogP contribution in [0.3, 0.4) is 0 Å². The van der Waals surface area contributed by atoms with Gasteiger partial charge in [-0.15, -0.1) is 0 Å². The minimum Gasteiger partial charge on any atom is -0.493 e. The fourth-order valence-electron chi connectivity index (χ4n) is 5.50. The minimum absolute atomic E-state index is 0.0230. The van der Waals surface area contributed by atoms with Crippen LogP contribution in [0.15, 0.2) is 48.5 Å². The highest BCUT2D eigenvalue weighted by atomic mass is 19.4. The van der Waals surface area contributed by atoms with Crippen molar-refractivity contribution in [1.82, 2.24) is 9.55 Å². The number of imidazole rings is 1. The average molecular weight is 604 g/mol. The van der Waals surface area contributed by atoms with E-state index >= 15 is 4.39 Å². The highest BCUT2D eigenvalue weighted by Gasteiger charge is 2.48. The number of carboxylic acids is 1. The van der Waals surface area contributed by atoms with Crippen molar-refractivity contribution < 1.29 is 50.9 Å². The fraction of sp³-hybridized carbons (Fsp3) is 0.276. The molecule has 9 nitrogen and oxygen atoms in total. The van der Waals surface area contributed by atoms with Crippen molar-refractivity contribution in [1.29, 1.82) is 0 Å². The van der Waals surface area contributed by atoms with E-state index < -0.39 is 48.3 Å². The van der Waals surface area contributed by atoms with Crippen LogP contribution in [0.1, 0.15) is 36.4 Å². The van der Waals surface area contributed by atoms with Gasteiger partial charge in [0.25, 0.3) is 0 Å². The van der Waals surface area contributed by atoms with Crippen LogP contribution in [0, 0.1) is 11.6 Å². The van der Waals surface area contributed by atoms with Gasteiger partial charge in [-0.05, 0) is 31.2 Å². The standard InChI is InChI=1S/C29H22F5N3O6/c1-2-41-28-35-19-9-8-18(30)24(31)25(19)37(28)20-5-3-4-17-21(13-43-26(17)20)36(27(40)29(32,33)34)15-6-7-16-14(10-23(38)39)12-42-22(16)11-15/h3-9,11,14,21H,2,10,12-13H2,1H3,(H,38,39)/t14-,21-/m1/s1. The number of carboxylic acid groups (broad SMARTS) is 1. The first-order chi connectivity index (χ1) is 20.5. The molecule has 0 spiro atoms. The molecule has 3 heterocycles. The highest BCUT2D eigenvalue weighted by molar-refractivity contribution is 5.98. The first-order valence-electron chi connectivity index (χ1n) is 13.1. The SMILES string of the molecule is CCOc1nc2ccc(F)c(F)c2n1-c1cccc2c1OC[C@H]2N(C(=O)C(F)(F)F)c1ccc2c(c1)OC[C@H]2CC(=O)O. The third-order valence-corrected chi connectivity index (χ3v) is 7.31. The number of aromatic nitrogens is 2. The second kappa shape index (κ2) is 10.4. The molecule has 2 aliphatic rings. The summed E-state index contributed by atoms with van der Waals surface area (Å²) in [5.74, 6) is -5.89. The lowest BCUT2D eigenvalue weighted by Gasteiger charge is -2.29. The fourth-order valence-corrected chi connectivity index (χ4v) is 5.50. The molecule has 0 radical (unpaired) electrons. The second-order valence-corrected chi connectivity index (χ2v) is 9.92. The van der Waals surface area contributed by atoms with E-state index in [2.05, 4.69) is 4.98 Å². The molecule has 43 heavy (non-hydrogen) atoms. The van der Waals surface area contributed by atoms with E-state index in [1.807, 2.05) is 0 Å². The number of para-hydroxylation sites is 1. The van der Waals surface area contributed by atoms with Gasteiger partial charge in [0, 0.05) is 28.8 Å². The Balaban J connectivity index is 1.47. The summed E-state index contributed by atoms with van der Waals surface area (Å²) in [7, 11) is 0. The number of halogens is 5. The molecule has 2 atom stereocenters. The summed E-state index contributed by atoms with van der Waals surface area (Å²) in [6.07, 6.45) is -5.50. The molecule has 0 saturated carbocycles. The Kier molecular flexibility index (Phi) is 6.86. The van der Waals surface area contributed by atoms with Crippen molar-refractivity contribution in [2.45, 2.75) is 31.5 Å². The lowest BCUT2D eigenvalue weighted by Crippen LogP contribution is -2.44. The van der Waals surface area contributed by atoms with Crippen LogP contribution in [0.5, 0.6) is 17.5 Å². The first-order valence-corrected chi connectivity index (χ1v) is 13.1. The van der Waals surface area contributed by atoms with Gasteiger partial charge >= 0.3 is 24.1 Å². The zero-order chi connectivity index (χ0) is 30.6. The van der Waals surface area contributed by atoms with Crippen LogP contribution in [-0.2, 0) is 9.59 Å². The highest BCUT2D eigenvalue weighted by Crippen LogP contribution is 2.47. The maximum absolute atomic E-state index is 15.1. The van der Waals surface area contributed by atoms with Gasteiger partial charge in [0.15, 0.2) is 11.6 Å². The number of ether oxygens (including phenoxy) is 3. The molecule has 1 aromatic heterocycles. The minimum atomic E-state index is -5.27. The molecule has 1 amide bonds. The number of anilines is 1. The van der Waals surface area contributed by atoms with Crippen LogP contribution in [0.2, 0.25) is 0 Å². The van der Waals surface area contributed by atoms with Gasteiger partial charge in [0.1, 0.15) is 23.6 Å². The molecule has 0 aliphatic carbocycles. The van der Waals surface area contributed by atoms with E-state index in [-0.39, 0.29) is 65.1 Å². The van der Waals surface area contributed by atoms with Gasteiger partial charge in [0.2, 0.25) is 0 Å². The zero-order valence-corrected chi connectivity index (χ0v) is 22.3. The van der Waals surface area contributed by atoms with Crippen molar-refractivity contribution >= 4 is 28.6 Å². The number of carbonyl (C=O) groups excluding carboxylic acids is 1. The summed E-state index contributed by atoms with van der Waals surface area (Å²) >= 11 is 0. The van der Waals surface area contributed by atoms with Crippen LogP contribution < -0.4 is 19.1 Å². The summed E-state index contributed by atoms with van der Waals surface area (Å²) in [5.41, 5.74) is 0.437. The number of nitrogens with zero attached hydrogens (tertiary/aromatic N) is 3. The number of hydrogen-bond donors (Lipinski definition) is 1. The van der Waals surface area contributed by atoms with Gasteiger partial charge in [0.05, 0.1) is 36.9 Å². The van der Waals surface area contributed by atoms with Crippen molar-refractivity contribution in [2.75, 3.05) is 24.7 Å². The molecule has 0 unspecified atom stereocenters. The Bertz CT molecular complexity index is 1770. The van der Waals surface area contributed by atoms with Gasteiger partial charge in [-0.3, -0.25) is 19.1 Å². The Morgan fingerprint density at radius 3 is 2.60 bits per heavy atom. The van der Waals surface area contributed by atoms with Gasteiger partial charge in [-0.2, -0.15) is 18.2 Å². The Hall–Kier alpha value is -4.88. The smallest absolute Gasteiger partial charge is 0.471 e. The molecule has 0 saturated heterocycles. The normalized spacial score (nSPS) is 17.3. The number of alkyl halides is 3. The summed E-state index contributed by atoms with van der Waals surface area (Å²) in [5, 5.41) is 9.17. The molecule has 0 fully saturated rings. The predicted molar refractivity (Wildman–Crippen MR) is 141 cm³/mol. The van der Waals surface area contributed by atoms with Crippen LogP contribution >= 0.6 is 0 Å². The predicted octanol–water partition coefficient (Wildman–Crippen LogP) is 5.68. The van der Waals surface area contributed by atoms with E-state index in [9.17, 15) is 27.2 Å². The number of benzene rings is 3. The molecule has 1 N–H and O–H groups in total. The number of hydrogen-bond acceptors (Lipinski definition) is 6. The Morgan fingerprint density at radius 2 is 1.88 bits per heavy atom. The van der Waals surface area contributed by atoms with Crippen LogP contribution in [0.4, 0.5) is 27.6 Å². The van der Waals surface area contributed by atoms with Crippen molar-refractivity contribution in [3.05, 3.63) is 71.3 Å². The third kappa shape index (κ3) is 4.76. The number of rotatable bonds is 7. The van der Waals surface area contributed by atoms with Crippen molar-refractivity contribution in [2.24, 2.45) is 0 Å². The number of aliphatic carboxylic acids is 1. The lowest BCUT2D eigenvalue weighted by atomic mass is 9.97. The molecular weight excluding hydrogens is 581 g/mol. The molecule has 224 valence electrons. The maximum atomic E-state index is 15.1. The summed E-state index contributed by atoms with van der Waals surface area (Å²) in [4.78, 5) is 28.9. The van der Waals surface area contributed by atoms with Crippen molar-refractivity contribution in [3.63, 3.8) is 0 Å². The van der Waals surface area contributed by atoms with E-state index in [0.717, 1.165) is 6.07 Å². The maximum Gasteiger partial charge on any atom is 0.471 e. The molecular formula is C29H22F5N3O6. The Morgan fingerprint density at radius 1 is 1.09 bits per heavy atom. The van der Waals surface area contributed by atoms with E-state index in [1.165, 1.54) is 47.0 Å². The van der Waals surface area contributed by atoms with Gasteiger partial charge < -0.3 is 19.3 Å². The van der Waals surface area contributed by atoms with Crippen LogP contribution in [0.25, 0.3) is 16.7 Å². The quantitative estimate of drug-likeness (QED) is 0.271. The number of carbonyl (C=O) groups is 2. The number of fused-ring (bicyclic) bond motifs is 3. The number of amides is 1. The Labute approximate surface area is 240 Å². The van der Waals surface area contributed by atoms with Crippen LogP contribution in [-0.4, -0.2) is 52.5 Å². The largest absolute Gasteiger partial charge is 0.493 e. The lowest BCUT2D eigenvalue weighted by molar-refractivity contribution is -0.171. The van der Waals surface area contributed by atoms with Gasteiger partial charge in [-0.25, -0.2) is 8.78 Å². The van der Waals surface area contributed by atoms with E-state index in [0.29, 0.717) is 10.5 Å². The third-order valence-electron chi connectivity index (χ3n) is 7.31. The van der Waals surface area contributed by atoms with Gasteiger partial charge in [-0.1, -0.05) is 18.2 Å². The monoisotopic (exact) mass is 603 g/mol. The topological polar surface area (TPSA) is 103 Å². The summed E-state index contributed by atoms with van der Waals surface area (Å²) in [6.45, 7) is 1.40. The molecule has 2 aliphatic heterocycles. The average Bonchev–Trinajstić information content (AvgIpc) is 3.66. The van der Waals surface area contributed by atoms with E-state index in [1.54, 1.807) is 6.92 Å². The molecule has 4 aromatic rings. The van der Waals surface area contributed by atoms with Crippen molar-refractivity contribution in [3.8, 4) is 23.2 Å². The molecule has 14 heteroatoms. The zero-order valence-electron chi connectivity index (χ0n) is 22.3. The molecule has 3 aromatic carbocycles. The second-order valence-electron chi connectivity index (χ2n) is 9.92. The summed E-state index contributed by atoms with van der Waals surface area (Å²) < 4.78 is 89.4. The van der Waals surface area contributed by atoms with E-state index in [4.69, 9.17) is 19.3 Å². The first kappa shape index (κ1) is 28.2. The molecule has 0 bridgehead atoms. The molecule has 6 rings (SSSR count).